The number of amides is 1. The topological polar surface area (TPSA) is 72.4 Å². The second-order valence-electron chi connectivity index (χ2n) is 6.78. The first-order chi connectivity index (χ1) is 14.6. The number of benzene rings is 2. The van der Waals surface area contributed by atoms with E-state index in [-0.39, 0.29) is 17.7 Å². The summed E-state index contributed by atoms with van der Waals surface area (Å²) in [6.07, 6.45) is 1.58. The molecule has 2 aromatic heterocycles. The molecule has 6 nitrogen and oxygen atoms in total. The van der Waals surface area contributed by atoms with E-state index in [1.54, 1.807) is 17.2 Å². The molecule has 1 amide bonds. The summed E-state index contributed by atoms with van der Waals surface area (Å²) in [5.41, 5.74) is 2.87. The zero-order valence-electron chi connectivity index (χ0n) is 16.7. The number of furan rings is 1. The summed E-state index contributed by atoms with van der Waals surface area (Å²) in [4.78, 5) is 14.8. The Bertz CT molecular complexity index is 1070. The van der Waals surface area contributed by atoms with E-state index in [4.69, 9.17) is 8.83 Å². The van der Waals surface area contributed by atoms with E-state index >= 15 is 0 Å². The minimum absolute atomic E-state index is 0.0306. The predicted octanol–water partition coefficient (Wildman–Crippen LogP) is 4.98. The molecule has 0 unspecified atom stereocenters. The fourth-order valence-corrected chi connectivity index (χ4v) is 3.95. The highest BCUT2D eigenvalue weighted by molar-refractivity contribution is 7.99. The third-order valence-corrected chi connectivity index (χ3v) is 5.63. The van der Waals surface area contributed by atoms with Gasteiger partial charge in [-0.05, 0) is 24.1 Å². The fraction of sp³-hybridized carbons (Fsp3) is 0.174. The summed E-state index contributed by atoms with van der Waals surface area (Å²) >= 11 is 1.23. The fourth-order valence-electron chi connectivity index (χ4n) is 3.26. The lowest BCUT2D eigenvalue weighted by molar-refractivity contribution is -0.128. The van der Waals surface area contributed by atoms with Crippen molar-refractivity contribution >= 4 is 17.7 Å². The normalized spacial score (nSPS) is 11.0. The van der Waals surface area contributed by atoms with Crippen LogP contribution in [0, 0.1) is 6.92 Å². The molecule has 0 aliphatic heterocycles. The van der Waals surface area contributed by atoms with Gasteiger partial charge in [-0.3, -0.25) is 4.79 Å². The molecule has 2 aromatic carbocycles. The van der Waals surface area contributed by atoms with Gasteiger partial charge in [0.2, 0.25) is 5.91 Å². The van der Waals surface area contributed by atoms with Gasteiger partial charge in [0.15, 0.2) is 0 Å². The van der Waals surface area contributed by atoms with Crippen LogP contribution in [0.1, 0.15) is 22.9 Å². The second kappa shape index (κ2) is 9.00. The van der Waals surface area contributed by atoms with E-state index in [9.17, 15) is 4.79 Å². The third-order valence-electron chi connectivity index (χ3n) is 4.83. The first-order valence-corrected chi connectivity index (χ1v) is 10.5. The SMILES string of the molecule is Cc1occc1-c1nnc(SCC(=O)N(C)C(c2ccccc2)c2ccccc2)o1. The zero-order chi connectivity index (χ0) is 20.9. The van der Waals surface area contributed by atoms with Crippen LogP contribution in [-0.4, -0.2) is 33.8 Å². The van der Waals surface area contributed by atoms with Gasteiger partial charge in [0.25, 0.3) is 11.1 Å². The van der Waals surface area contributed by atoms with Gasteiger partial charge in [-0.15, -0.1) is 10.2 Å². The van der Waals surface area contributed by atoms with Gasteiger partial charge in [0.1, 0.15) is 5.76 Å². The van der Waals surface area contributed by atoms with Crippen LogP contribution < -0.4 is 0 Å². The van der Waals surface area contributed by atoms with E-state index in [1.807, 2.05) is 74.6 Å². The molecule has 30 heavy (non-hydrogen) atoms. The van der Waals surface area contributed by atoms with Crippen molar-refractivity contribution in [3.05, 3.63) is 89.9 Å². The molecule has 2 heterocycles. The maximum atomic E-state index is 13.0. The van der Waals surface area contributed by atoms with Crippen molar-refractivity contribution in [2.75, 3.05) is 12.8 Å². The minimum atomic E-state index is -0.174. The average Bonchev–Trinajstić information content (AvgIpc) is 3.42. The smallest absolute Gasteiger partial charge is 0.277 e. The number of hydrogen-bond acceptors (Lipinski definition) is 6. The number of carbonyl (C=O) groups excluding carboxylic acids is 1. The average molecular weight is 420 g/mol. The van der Waals surface area contributed by atoms with E-state index in [0.29, 0.717) is 16.9 Å². The Kier molecular flexibility index (Phi) is 5.99. The molecule has 7 heteroatoms. The Morgan fingerprint density at radius 2 is 1.63 bits per heavy atom. The molecule has 0 radical (unpaired) electrons. The van der Waals surface area contributed by atoms with Crippen LogP contribution >= 0.6 is 11.8 Å². The van der Waals surface area contributed by atoms with Gasteiger partial charge < -0.3 is 13.7 Å². The Hall–Kier alpha value is -3.32. The van der Waals surface area contributed by atoms with Crippen molar-refractivity contribution in [1.29, 1.82) is 0 Å². The van der Waals surface area contributed by atoms with Crippen LogP contribution in [0.15, 0.2) is 87.1 Å². The summed E-state index contributed by atoms with van der Waals surface area (Å²) in [5, 5.41) is 8.44. The highest BCUT2D eigenvalue weighted by Crippen LogP contribution is 2.30. The number of nitrogens with zero attached hydrogens (tertiary/aromatic N) is 3. The molecular formula is C23H21N3O3S. The first-order valence-electron chi connectivity index (χ1n) is 9.50. The van der Waals surface area contributed by atoms with Crippen molar-refractivity contribution in [2.24, 2.45) is 0 Å². The zero-order valence-corrected chi connectivity index (χ0v) is 17.5. The Labute approximate surface area is 178 Å². The summed E-state index contributed by atoms with van der Waals surface area (Å²) < 4.78 is 11.0. The lowest BCUT2D eigenvalue weighted by Crippen LogP contribution is -2.33. The number of thioether (sulfide) groups is 1. The van der Waals surface area contributed by atoms with Gasteiger partial charge in [0.05, 0.1) is 23.6 Å². The number of carbonyl (C=O) groups is 1. The molecule has 0 saturated heterocycles. The first kappa shape index (κ1) is 20.0. The number of hydrogen-bond donors (Lipinski definition) is 0. The third kappa shape index (κ3) is 4.31. The molecular weight excluding hydrogens is 398 g/mol. The van der Waals surface area contributed by atoms with Crippen LogP contribution in [0.5, 0.6) is 0 Å². The molecule has 152 valence electrons. The van der Waals surface area contributed by atoms with Gasteiger partial charge in [-0.1, -0.05) is 72.4 Å². The van der Waals surface area contributed by atoms with E-state index in [2.05, 4.69) is 10.2 Å². The van der Waals surface area contributed by atoms with Gasteiger partial charge in [-0.25, -0.2) is 0 Å². The van der Waals surface area contributed by atoms with Gasteiger partial charge >= 0.3 is 0 Å². The molecule has 0 aliphatic carbocycles. The Balaban J connectivity index is 1.48. The van der Waals surface area contributed by atoms with E-state index in [1.165, 1.54) is 11.8 Å². The number of aromatic nitrogens is 2. The van der Waals surface area contributed by atoms with Crippen molar-refractivity contribution in [3.8, 4) is 11.5 Å². The molecule has 0 aliphatic rings. The van der Waals surface area contributed by atoms with E-state index < -0.39 is 0 Å². The Morgan fingerprint density at radius 3 is 2.20 bits per heavy atom. The van der Waals surface area contributed by atoms with Crippen LogP contribution in [0.3, 0.4) is 0 Å². The lowest BCUT2D eigenvalue weighted by Gasteiger charge is -2.29. The number of rotatable bonds is 7. The summed E-state index contributed by atoms with van der Waals surface area (Å²) in [6.45, 7) is 1.83. The maximum Gasteiger partial charge on any atom is 0.277 e. The molecule has 4 rings (SSSR count). The van der Waals surface area contributed by atoms with Crippen molar-refractivity contribution in [1.82, 2.24) is 15.1 Å². The second-order valence-corrected chi connectivity index (χ2v) is 7.71. The monoisotopic (exact) mass is 419 g/mol. The van der Waals surface area contributed by atoms with Gasteiger partial charge in [0, 0.05) is 7.05 Å². The molecule has 0 bridgehead atoms. The van der Waals surface area contributed by atoms with Crippen LogP contribution in [-0.2, 0) is 4.79 Å². The number of aryl methyl sites for hydroxylation is 1. The largest absolute Gasteiger partial charge is 0.469 e. The molecule has 0 atom stereocenters. The summed E-state index contributed by atoms with van der Waals surface area (Å²) in [7, 11) is 1.82. The molecule has 0 N–H and O–H groups in total. The summed E-state index contributed by atoms with van der Waals surface area (Å²) in [6, 6.07) is 21.6. The minimum Gasteiger partial charge on any atom is -0.469 e. The van der Waals surface area contributed by atoms with Crippen LogP contribution in [0.25, 0.3) is 11.5 Å². The Morgan fingerprint density at radius 1 is 1.00 bits per heavy atom. The quantitative estimate of drug-likeness (QED) is 0.394. The van der Waals surface area contributed by atoms with Crippen LogP contribution in [0.4, 0.5) is 0 Å². The molecule has 0 fully saturated rings. The van der Waals surface area contributed by atoms with Crippen molar-refractivity contribution in [2.45, 2.75) is 18.2 Å². The van der Waals surface area contributed by atoms with Crippen molar-refractivity contribution in [3.63, 3.8) is 0 Å². The highest BCUT2D eigenvalue weighted by Gasteiger charge is 2.24. The highest BCUT2D eigenvalue weighted by atomic mass is 32.2. The molecule has 0 spiro atoms. The summed E-state index contributed by atoms with van der Waals surface area (Å²) in [5.74, 6) is 1.26. The van der Waals surface area contributed by atoms with Crippen LogP contribution in [0.2, 0.25) is 0 Å². The molecule has 0 saturated carbocycles. The lowest BCUT2D eigenvalue weighted by atomic mass is 9.97. The van der Waals surface area contributed by atoms with Gasteiger partial charge in [-0.2, -0.15) is 0 Å². The maximum absolute atomic E-state index is 13.0. The van der Waals surface area contributed by atoms with Crippen molar-refractivity contribution < 1.29 is 13.6 Å². The standard InChI is InChI=1S/C23H21N3O3S/c1-16-19(13-14-28-16)22-24-25-23(29-22)30-15-20(27)26(2)21(17-9-5-3-6-10-17)18-11-7-4-8-12-18/h3-14,21H,15H2,1-2H3. The molecule has 4 aromatic rings. The van der Waals surface area contributed by atoms with E-state index in [0.717, 1.165) is 16.7 Å². The predicted molar refractivity (Wildman–Crippen MR) is 115 cm³/mol.